The standard InChI is InChI=1S/C20H20N6O6/c1-13(15-5-3-7-17(11-15)25(29)30)21-23-19(27)9-10-20(28)24-22-14(2)16-6-4-8-18(12-16)26(31)32/h3-8,11-12H,9-10H2,1-2H3,(H,23,27)(H,24,28). The first kappa shape index (κ1) is 23.8. The van der Waals surface area contributed by atoms with Crippen LogP contribution in [0.2, 0.25) is 0 Å². The van der Waals surface area contributed by atoms with Gasteiger partial charge >= 0.3 is 0 Å². The van der Waals surface area contributed by atoms with Gasteiger partial charge in [0.2, 0.25) is 11.8 Å². The number of hydrogen-bond donors (Lipinski definition) is 2. The molecule has 0 saturated carbocycles. The molecule has 0 heterocycles. The van der Waals surface area contributed by atoms with Gasteiger partial charge in [-0.15, -0.1) is 0 Å². The van der Waals surface area contributed by atoms with Crippen LogP contribution in [0, 0.1) is 20.2 Å². The van der Waals surface area contributed by atoms with Crippen LogP contribution >= 0.6 is 0 Å². The van der Waals surface area contributed by atoms with Gasteiger partial charge in [-0.2, -0.15) is 10.2 Å². The Morgan fingerprint density at radius 1 is 0.781 bits per heavy atom. The van der Waals surface area contributed by atoms with Gasteiger partial charge in [-0.05, 0) is 13.8 Å². The lowest BCUT2D eigenvalue weighted by atomic mass is 10.1. The first-order valence-corrected chi connectivity index (χ1v) is 9.33. The van der Waals surface area contributed by atoms with Crippen molar-refractivity contribution >= 4 is 34.6 Å². The molecule has 0 saturated heterocycles. The molecule has 0 bridgehead atoms. The monoisotopic (exact) mass is 440 g/mol. The fraction of sp³-hybridized carbons (Fsp3) is 0.200. The molecule has 0 aliphatic rings. The minimum atomic E-state index is -0.531. The van der Waals surface area contributed by atoms with E-state index in [1.54, 1.807) is 26.0 Å². The van der Waals surface area contributed by atoms with Crippen molar-refractivity contribution in [2.45, 2.75) is 26.7 Å². The fourth-order valence-corrected chi connectivity index (χ4v) is 2.45. The van der Waals surface area contributed by atoms with Crippen LogP contribution in [-0.4, -0.2) is 33.1 Å². The lowest BCUT2D eigenvalue weighted by molar-refractivity contribution is -0.385. The summed E-state index contributed by atoms with van der Waals surface area (Å²) in [6, 6.07) is 11.6. The maximum absolute atomic E-state index is 11.9. The Balaban J connectivity index is 1.85. The second-order valence-electron chi connectivity index (χ2n) is 6.58. The van der Waals surface area contributed by atoms with Crippen LogP contribution in [0.25, 0.3) is 0 Å². The third kappa shape index (κ3) is 7.09. The number of nitrogens with one attached hydrogen (secondary N) is 2. The van der Waals surface area contributed by atoms with Gasteiger partial charge in [0.25, 0.3) is 11.4 Å². The van der Waals surface area contributed by atoms with Gasteiger partial charge in [-0.1, -0.05) is 24.3 Å². The van der Waals surface area contributed by atoms with Gasteiger partial charge in [0.05, 0.1) is 21.3 Å². The molecule has 0 unspecified atom stereocenters. The molecule has 2 rings (SSSR count). The van der Waals surface area contributed by atoms with Crippen molar-refractivity contribution < 1.29 is 19.4 Å². The van der Waals surface area contributed by atoms with E-state index in [4.69, 9.17) is 0 Å². The highest BCUT2D eigenvalue weighted by atomic mass is 16.6. The molecular formula is C20H20N6O6. The highest BCUT2D eigenvalue weighted by Crippen LogP contribution is 2.14. The molecular weight excluding hydrogens is 420 g/mol. The number of carbonyl (C=O) groups is 2. The Morgan fingerprint density at radius 2 is 1.16 bits per heavy atom. The topological polar surface area (TPSA) is 169 Å². The summed E-state index contributed by atoms with van der Waals surface area (Å²) in [7, 11) is 0. The van der Waals surface area contributed by atoms with E-state index >= 15 is 0 Å². The molecule has 0 fully saturated rings. The van der Waals surface area contributed by atoms with Crippen LogP contribution in [0.15, 0.2) is 58.7 Å². The summed E-state index contributed by atoms with van der Waals surface area (Å²) in [4.78, 5) is 44.4. The lowest BCUT2D eigenvalue weighted by Crippen LogP contribution is -2.24. The molecule has 2 aromatic carbocycles. The summed E-state index contributed by atoms with van der Waals surface area (Å²) < 4.78 is 0. The van der Waals surface area contributed by atoms with Gasteiger partial charge in [-0.3, -0.25) is 29.8 Å². The number of nitrogens with zero attached hydrogens (tertiary/aromatic N) is 4. The molecule has 0 aliphatic carbocycles. The van der Waals surface area contributed by atoms with Crippen molar-refractivity contribution in [3.8, 4) is 0 Å². The smallest absolute Gasteiger partial charge is 0.270 e. The third-order valence-electron chi connectivity index (χ3n) is 4.23. The number of benzene rings is 2. The number of nitro groups is 2. The zero-order valence-electron chi connectivity index (χ0n) is 17.3. The average Bonchev–Trinajstić information content (AvgIpc) is 2.79. The molecule has 2 N–H and O–H groups in total. The molecule has 0 atom stereocenters. The van der Waals surface area contributed by atoms with Crippen LogP contribution < -0.4 is 10.9 Å². The van der Waals surface area contributed by atoms with Gasteiger partial charge in [-0.25, -0.2) is 10.9 Å². The van der Waals surface area contributed by atoms with Crippen molar-refractivity contribution in [2.24, 2.45) is 10.2 Å². The first-order chi connectivity index (χ1) is 15.2. The van der Waals surface area contributed by atoms with E-state index < -0.39 is 21.7 Å². The van der Waals surface area contributed by atoms with E-state index in [2.05, 4.69) is 21.1 Å². The summed E-state index contributed by atoms with van der Waals surface area (Å²) in [5.74, 6) is -1.05. The van der Waals surface area contributed by atoms with Crippen molar-refractivity contribution in [2.75, 3.05) is 0 Å². The lowest BCUT2D eigenvalue weighted by Gasteiger charge is -2.04. The van der Waals surface area contributed by atoms with E-state index in [1.165, 1.54) is 36.4 Å². The SMILES string of the molecule is CC(=NNC(=O)CCC(=O)NN=C(C)c1cccc([N+](=O)[O-])c1)c1cccc([N+](=O)[O-])c1. The van der Waals surface area contributed by atoms with Crippen LogP contribution in [-0.2, 0) is 9.59 Å². The molecule has 0 radical (unpaired) electrons. The van der Waals surface area contributed by atoms with E-state index in [9.17, 15) is 29.8 Å². The Labute approximate surface area is 182 Å². The number of hydrogen-bond acceptors (Lipinski definition) is 8. The van der Waals surface area contributed by atoms with Gasteiger partial charge < -0.3 is 0 Å². The molecule has 2 aromatic rings. The number of rotatable bonds is 9. The zero-order chi connectivity index (χ0) is 23.7. The van der Waals surface area contributed by atoms with E-state index in [0.29, 0.717) is 22.6 Å². The normalized spacial score (nSPS) is 11.6. The van der Waals surface area contributed by atoms with Crippen LogP contribution in [0.1, 0.15) is 37.8 Å². The number of non-ortho nitro benzene ring substituents is 2. The molecule has 32 heavy (non-hydrogen) atoms. The summed E-state index contributed by atoms with van der Waals surface area (Å²) in [6.45, 7) is 3.16. The maximum Gasteiger partial charge on any atom is 0.270 e. The quantitative estimate of drug-likeness (QED) is 0.345. The second-order valence-corrected chi connectivity index (χ2v) is 6.58. The zero-order valence-corrected chi connectivity index (χ0v) is 17.3. The predicted molar refractivity (Wildman–Crippen MR) is 116 cm³/mol. The average molecular weight is 440 g/mol. The highest BCUT2D eigenvalue weighted by Gasteiger charge is 2.10. The van der Waals surface area contributed by atoms with E-state index in [1.807, 2.05) is 0 Å². The van der Waals surface area contributed by atoms with Crippen molar-refractivity contribution in [1.29, 1.82) is 0 Å². The van der Waals surface area contributed by atoms with E-state index in [-0.39, 0.29) is 24.2 Å². The summed E-state index contributed by atoms with van der Waals surface area (Å²) in [5.41, 5.74) is 6.07. The molecule has 0 aromatic heterocycles. The predicted octanol–water partition coefficient (Wildman–Crippen LogP) is 2.66. The van der Waals surface area contributed by atoms with Gasteiger partial charge in [0.1, 0.15) is 0 Å². The Hall–Kier alpha value is -4.48. The minimum Gasteiger partial charge on any atom is -0.273 e. The second kappa shape index (κ2) is 11.1. The Morgan fingerprint density at radius 3 is 1.50 bits per heavy atom. The third-order valence-corrected chi connectivity index (χ3v) is 4.23. The van der Waals surface area contributed by atoms with Crippen molar-refractivity contribution in [1.82, 2.24) is 10.9 Å². The molecule has 0 aliphatic heterocycles. The fourth-order valence-electron chi connectivity index (χ4n) is 2.45. The molecule has 12 nitrogen and oxygen atoms in total. The summed E-state index contributed by atoms with van der Waals surface area (Å²) >= 11 is 0. The number of hydrazone groups is 2. The number of amides is 2. The summed E-state index contributed by atoms with van der Waals surface area (Å²) in [6.07, 6.45) is -0.328. The first-order valence-electron chi connectivity index (χ1n) is 9.33. The molecule has 2 amide bonds. The van der Waals surface area contributed by atoms with Crippen LogP contribution in [0.5, 0.6) is 0 Å². The highest BCUT2D eigenvalue weighted by molar-refractivity contribution is 6.00. The molecule has 166 valence electrons. The Kier molecular flexibility index (Phi) is 8.22. The van der Waals surface area contributed by atoms with Crippen molar-refractivity contribution in [3.63, 3.8) is 0 Å². The van der Waals surface area contributed by atoms with Crippen LogP contribution in [0.3, 0.4) is 0 Å². The Bertz CT molecular complexity index is 1020. The van der Waals surface area contributed by atoms with Crippen LogP contribution in [0.4, 0.5) is 11.4 Å². The van der Waals surface area contributed by atoms with Gasteiger partial charge in [0.15, 0.2) is 0 Å². The van der Waals surface area contributed by atoms with Gasteiger partial charge in [0, 0.05) is 48.2 Å². The summed E-state index contributed by atoms with van der Waals surface area (Å²) in [5, 5.41) is 29.4. The number of carbonyl (C=O) groups excluding carboxylic acids is 2. The number of nitro benzene ring substituents is 2. The maximum atomic E-state index is 11.9. The minimum absolute atomic E-state index is 0.0963. The molecule has 12 heteroatoms. The largest absolute Gasteiger partial charge is 0.273 e. The molecule has 0 spiro atoms. The van der Waals surface area contributed by atoms with E-state index in [0.717, 1.165) is 0 Å². The van der Waals surface area contributed by atoms with Crippen molar-refractivity contribution in [3.05, 3.63) is 79.9 Å².